The van der Waals surface area contributed by atoms with E-state index in [-0.39, 0.29) is 11.4 Å². The van der Waals surface area contributed by atoms with Gasteiger partial charge in [0.15, 0.2) is 5.83 Å². The highest BCUT2D eigenvalue weighted by Crippen LogP contribution is 2.17. The quantitative estimate of drug-likeness (QED) is 0.651. The van der Waals surface area contributed by atoms with E-state index >= 15 is 0 Å². The van der Waals surface area contributed by atoms with Crippen molar-refractivity contribution in [2.75, 3.05) is 0 Å². The third kappa shape index (κ3) is 3.60. The number of benzene rings is 1. The van der Waals surface area contributed by atoms with Crippen LogP contribution in [-0.2, 0) is 4.74 Å². The maximum absolute atomic E-state index is 13.4. The van der Waals surface area contributed by atoms with Crippen LogP contribution in [0.4, 0.5) is 4.39 Å². The summed E-state index contributed by atoms with van der Waals surface area (Å²) < 4.78 is 18.6. The minimum Gasteiger partial charge on any atom is -0.493 e. The molecule has 0 atom stereocenters. The summed E-state index contributed by atoms with van der Waals surface area (Å²) in [6.07, 6.45) is 1.16. The van der Waals surface area contributed by atoms with Crippen LogP contribution < -0.4 is 0 Å². The molecule has 0 aliphatic carbocycles. The van der Waals surface area contributed by atoms with Gasteiger partial charge < -0.3 is 4.74 Å². The van der Waals surface area contributed by atoms with Gasteiger partial charge in [-0.15, -0.1) is 0 Å². The van der Waals surface area contributed by atoms with E-state index in [4.69, 9.17) is 4.74 Å². The second-order valence-electron chi connectivity index (χ2n) is 4.06. The molecule has 0 unspecified atom stereocenters. The van der Waals surface area contributed by atoms with Gasteiger partial charge in [-0.3, -0.25) is 0 Å². The van der Waals surface area contributed by atoms with E-state index in [1.54, 1.807) is 24.3 Å². The lowest BCUT2D eigenvalue weighted by Gasteiger charge is -2.17. The number of hydrogen-bond donors (Lipinski definition) is 0. The van der Waals surface area contributed by atoms with Gasteiger partial charge in [-0.05, 0) is 20.8 Å². The Kier molecular flexibility index (Phi) is 3.28. The summed E-state index contributed by atoms with van der Waals surface area (Å²) >= 11 is 0. The van der Waals surface area contributed by atoms with Gasteiger partial charge >= 0.3 is 0 Å². The van der Waals surface area contributed by atoms with Crippen molar-refractivity contribution in [3.63, 3.8) is 0 Å². The Morgan fingerprint density at radius 2 is 1.79 bits per heavy atom. The fourth-order valence-electron chi connectivity index (χ4n) is 0.894. The highest BCUT2D eigenvalue weighted by atomic mass is 19.1. The Labute approximate surface area is 84.2 Å². The standard InChI is InChI=1S/C12H15FO/c1-12(2,3)14-9-11(13)10-7-5-4-6-8-10/h4-9H,1-3H3/b11-9+. The number of ether oxygens (including phenoxy) is 1. The first-order chi connectivity index (χ1) is 6.49. The Bertz CT molecular complexity index is 309. The number of hydrogen-bond acceptors (Lipinski definition) is 1. The summed E-state index contributed by atoms with van der Waals surface area (Å²) in [4.78, 5) is 0. The molecule has 0 fully saturated rings. The molecule has 0 aliphatic rings. The zero-order chi connectivity index (χ0) is 10.6. The first kappa shape index (κ1) is 10.8. The van der Waals surface area contributed by atoms with Gasteiger partial charge in [0.05, 0.1) is 5.60 Å². The first-order valence-corrected chi connectivity index (χ1v) is 4.58. The van der Waals surface area contributed by atoms with E-state index in [2.05, 4.69) is 0 Å². The molecule has 0 aliphatic heterocycles. The Morgan fingerprint density at radius 1 is 1.21 bits per heavy atom. The van der Waals surface area contributed by atoms with Crippen LogP contribution in [0.25, 0.3) is 5.83 Å². The van der Waals surface area contributed by atoms with Crippen molar-refractivity contribution in [3.8, 4) is 0 Å². The summed E-state index contributed by atoms with van der Waals surface area (Å²) in [6, 6.07) is 8.84. The summed E-state index contributed by atoms with van der Waals surface area (Å²) in [6.45, 7) is 5.63. The van der Waals surface area contributed by atoms with Gasteiger partial charge in [-0.1, -0.05) is 30.3 Å². The van der Waals surface area contributed by atoms with E-state index in [9.17, 15) is 4.39 Å². The van der Waals surface area contributed by atoms with E-state index in [1.807, 2.05) is 26.8 Å². The smallest absolute Gasteiger partial charge is 0.164 e. The third-order valence-corrected chi connectivity index (χ3v) is 1.57. The SMILES string of the molecule is CC(C)(C)O/C=C(/F)c1ccccc1. The number of halogens is 1. The average Bonchev–Trinajstić information content (AvgIpc) is 2.14. The number of rotatable bonds is 2. The van der Waals surface area contributed by atoms with Crippen LogP contribution in [0.2, 0.25) is 0 Å². The predicted octanol–water partition coefficient (Wildman–Crippen LogP) is 3.77. The molecule has 0 heterocycles. The molecule has 0 bridgehead atoms. The van der Waals surface area contributed by atoms with Gasteiger partial charge in [0.2, 0.25) is 0 Å². The highest BCUT2D eigenvalue weighted by Gasteiger charge is 2.09. The molecule has 0 radical (unpaired) electrons. The van der Waals surface area contributed by atoms with E-state index in [0.717, 1.165) is 6.26 Å². The van der Waals surface area contributed by atoms with Gasteiger partial charge in [0.25, 0.3) is 0 Å². The molecule has 76 valence electrons. The molecule has 14 heavy (non-hydrogen) atoms. The Hall–Kier alpha value is -1.31. The van der Waals surface area contributed by atoms with Gasteiger partial charge in [0, 0.05) is 5.56 Å². The summed E-state index contributed by atoms with van der Waals surface area (Å²) in [7, 11) is 0. The average molecular weight is 194 g/mol. The second-order valence-corrected chi connectivity index (χ2v) is 4.06. The molecule has 0 aromatic heterocycles. The van der Waals surface area contributed by atoms with Crippen LogP contribution in [0, 0.1) is 0 Å². The maximum atomic E-state index is 13.4. The molecule has 2 heteroatoms. The Balaban J connectivity index is 2.71. The molecule has 0 spiro atoms. The van der Waals surface area contributed by atoms with Crippen LogP contribution in [-0.4, -0.2) is 5.60 Å². The monoisotopic (exact) mass is 194 g/mol. The minimum absolute atomic E-state index is 0.347. The van der Waals surface area contributed by atoms with Crippen LogP contribution >= 0.6 is 0 Å². The zero-order valence-corrected chi connectivity index (χ0v) is 8.75. The van der Waals surface area contributed by atoms with Crippen molar-refractivity contribution >= 4 is 5.83 Å². The van der Waals surface area contributed by atoms with Crippen molar-refractivity contribution in [2.45, 2.75) is 26.4 Å². The maximum Gasteiger partial charge on any atom is 0.164 e. The lowest BCUT2D eigenvalue weighted by molar-refractivity contribution is 0.0761. The van der Waals surface area contributed by atoms with E-state index in [0.29, 0.717) is 5.56 Å². The molecule has 0 N–H and O–H groups in total. The molecule has 1 rings (SSSR count). The topological polar surface area (TPSA) is 9.23 Å². The zero-order valence-electron chi connectivity index (χ0n) is 8.75. The largest absolute Gasteiger partial charge is 0.493 e. The molecule has 0 amide bonds. The fourth-order valence-corrected chi connectivity index (χ4v) is 0.894. The summed E-state index contributed by atoms with van der Waals surface area (Å²) in [5.74, 6) is -0.347. The minimum atomic E-state index is -0.355. The lowest BCUT2D eigenvalue weighted by atomic mass is 10.2. The van der Waals surface area contributed by atoms with Crippen LogP contribution in [0.5, 0.6) is 0 Å². The molecule has 0 saturated carbocycles. The van der Waals surface area contributed by atoms with Crippen LogP contribution in [0.3, 0.4) is 0 Å². The first-order valence-electron chi connectivity index (χ1n) is 4.58. The van der Waals surface area contributed by atoms with Crippen molar-refractivity contribution in [3.05, 3.63) is 42.2 Å². The summed E-state index contributed by atoms with van der Waals surface area (Å²) in [5.41, 5.74) is 0.184. The second kappa shape index (κ2) is 4.27. The molecule has 1 aromatic rings. The van der Waals surface area contributed by atoms with Crippen molar-refractivity contribution < 1.29 is 9.13 Å². The molecular weight excluding hydrogens is 179 g/mol. The van der Waals surface area contributed by atoms with Crippen LogP contribution in [0.15, 0.2) is 36.6 Å². The third-order valence-electron chi connectivity index (χ3n) is 1.57. The van der Waals surface area contributed by atoms with Crippen molar-refractivity contribution in [1.29, 1.82) is 0 Å². The van der Waals surface area contributed by atoms with E-state index in [1.165, 1.54) is 0 Å². The van der Waals surface area contributed by atoms with Crippen molar-refractivity contribution in [1.82, 2.24) is 0 Å². The van der Waals surface area contributed by atoms with Gasteiger partial charge in [0.1, 0.15) is 6.26 Å². The highest BCUT2D eigenvalue weighted by molar-refractivity contribution is 5.57. The van der Waals surface area contributed by atoms with Gasteiger partial charge in [-0.2, -0.15) is 0 Å². The molecular formula is C12H15FO. The fraction of sp³-hybridized carbons (Fsp3) is 0.333. The van der Waals surface area contributed by atoms with Crippen molar-refractivity contribution in [2.24, 2.45) is 0 Å². The molecule has 1 aromatic carbocycles. The normalized spacial score (nSPS) is 12.7. The molecule has 0 saturated heterocycles. The molecule has 1 nitrogen and oxygen atoms in total. The lowest BCUT2D eigenvalue weighted by Crippen LogP contribution is -2.15. The van der Waals surface area contributed by atoms with E-state index < -0.39 is 0 Å². The van der Waals surface area contributed by atoms with Crippen LogP contribution in [0.1, 0.15) is 26.3 Å². The Morgan fingerprint density at radius 3 is 2.29 bits per heavy atom. The predicted molar refractivity (Wildman–Crippen MR) is 56.4 cm³/mol. The van der Waals surface area contributed by atoms with Gasteiger partial charge in [-0.25, -0.2) is 4.39 Å². The summed E-state index contributed by atoms with van der Waals surface area (Å²) in [5, 5.41) is 0.